The molecular formula is C71H138O17P2. The van der Waals surface area contributed by atoms with E-state index in [2.05, 4.69) is 41.5 Å². The zero-order valence-corrected chi connectivity index (χ0v) is 60.2. The summed E-state index contributed by atoms with van der Waals surface area (Å²) in [4.78, 5) is 72.3. The van der Waals surface area contributed by atoms with Crippen LogP contribution in [0.2, 0.25) is 0 Å². The van der Waals surface area contributed by atoms with Crippen LogP contribution in [0.5, 0.6) is 0 Å². The molecule has 17 nitrogen and oxygen atoms in total. The van der Waals surface area contributed by atoms with E-state index in [1.54, 1.807) is 0 Å². The van der Waals surface area contributed by atoms with E-state index in [4.69, 9.17) is 37.0 Å². The van der Waals surface area contributed by atoms with Gasteiger partial charge in [0.1, 0.15) is 19.3 Å². The van der Waals surface area contributed by atoms with Gasteiger partial charge in [0.25, 0.3) is 0 Å². The first-order valence-corrected chi connectivity index (χ1v) is 40.0. The second-order valence-electron chi connectivity index (χ2n) is 26.6. The average molecular weight is 1330 g/mol. The van der Waals surface area contributed by atoms with Gasteiger partial charge in [0.15, 0.2) is 12.2 Å². The maximum atomic E-state index is 13.0. The Kier molecular flexibility index (Phi) is 61.8. The highest BCUT2D eigenvalue weighted by atomic mass is 31.2. The van der Waals surface area contributed by atoms with Crippen LogP contribution in [0.3, 0.4) is 0 Å². The second kappa shape index (κ2) is 63.1. The summed E-state index contributed by atoms with van der Waals surface area (Å²) in [6.07, 6.45) is 48.9. The first-order valence-electron chi connectivity index (χ1n) is 37.0. The SMILES string of the molecule is CCCCCCCCCCCCCC(=O)O[C@H](COC(=O)CCCCCCC)COP(=O)(O)OC[C@H](O)COP(=O)(O)OC[C@@H](COC(=O)CCCCCCCCCCCCCCC(C)C)OC(=O)CCCCCCCCCCCCCCCCCCC(C)C. The number of hydrogen-bond acceptors (Lipinski definition) is 15. The maximum absolute atomic E-state index is 13.0. The summed E-state index contributed by atoms with van der Waals surface area (Å²) >= 11 is 0. The smallest absolute Gasteiger partial charge is 0.462 e. The number of rotatable bonds is 70. The summed E-state index contributed by atoms with van der Waals surface area (Å²) < 4.78 is 68.1. The molecule has 0 aromatic rings. The van der Waals surface area contributed by atoms with E-state index in [0.717, 1.165) is 108 Å². The Morgan fingerprint density at radius 2 is 0.511 bits per heavy atom. The van der Waals surface area contributed by atoms with E-state index in [1.165, 1.54) is 173 Å². The van der Waals surface area contributed by atoms with Gasteiger partial charge in [-0.2, -0.15) is 0 Å². The van der Waals surface area contributed by atoms with Crippen molar-refractivity contribution in [1.29, 1.82) is 0 Å². The molecule has 0 bridgehead atoms. The van der Waals surface area contributed by atoms with Crippen molar-refractivity contribution in [1.82, 2.24) is 0 Å². The molecule has 534 valence electrons. The van der Waals surface area contributed by atoms with Crippen molar-refractivity contribution in [2.75, 3.05) is 39.6 Å². The van der Waals surface area contributed by atoms with Crippen LogP contribution in [0.25, 0.3) is 0 Å². The van der Waals surface area contributed by atoms with Crippen molar-refractivity contribution < 1.29 is 80.2 Å². The number of phosphoric ester groups is 2. The largest absolute Gasteiger partial charge is 0.472 e. The van der Waals surface area contributed by atoms with Crippen LogP contribution >= 0.6 is 15.6 Å². The lowest BCUT2D eigenvalue weighted by Crippen LogP contribution is -2.30. The fraction of sp³-hybridized carbons (Fsp3) is 0.944. The molecule has 0 aromatic carbocycles. The Morgan fingerprint density at radius 1 is 0.300 bits per heavy atom. The Morgan fingerprint density at radius 3 is 0.756 bits per heavy atom. The molecule has 0 aliphatic rings. The highest BCUT2D eigenvalue weighted by Gasteiger charge is 2.30. The van der Waals surface area contributed by atoms with Gasteiger partial charge in [-0.1, -0.05) is 311 Å². The Balaban J connectivity index is 5.14. The molecular weight excluding hydrogens is 1190 g/mol. The first kappa shape index (κ1) is 88.1. The van der Waals surface area contributed by atoms with Gasteiger partial charge >= 0.3 is 39.5 Å². The zero-order valence-electron chi connectivity index (χ0n) is 58.4. The van der Waals surface area contributed by atoms with Crippen LogP contribution < -0.4 is 0 Å². The molecule has 0 fully saturated rings. The van der Waals surface area contributed by atoms with Crippen LogP contribution in [0, 0.1) is 11.8 Å². The molecule has 0 spiro atoms. The molecule has 0 heterocycles. The van der Waals surface area contributed by atoms with Gasteiger partial charge in [-0.05, 0) is 37.5 Å². The number of hydrogen-bond donors (Lipinski definition) is 3. The Hall–Kier alpha value is -1.94. The molecule has 90 heavy (non-hydrogen) atoms. The number of aliphatic hydroxyl groups is 1. The zero-order chi connectivity index (χ0) is 66.5. The van der Waals surface area contributed by atoms with Crippen molar-refractivity contribution in [3.05, 3.63) is 0 Å². The number of carbonyl (C=O) groups is 4. The van der Waals surface area contributed by atoms with Gasteiger partial charge in [-0.15, -0.1) is 0 Å². The summed E-state index contributed by atoms with van der Waals surface area (Å²) in [7, 11) is -9.89. The van der Waals surface area contributed by atoms with Gasteiger partial charge in [0, 0.05) is 25.7 Å². The number of ether oxygens (including phenoxy) is 4. The third-order valence-corrected chi connectivity index (χ3v) is 18.4. The van der Waals surface area contributed by atoms with Crippen LogP contribution in [-0.4, -0.2) is 96.7 Å². The third-order valence-electron chi connectivity index (χ3n) is 16.5. The highest BCUT2D eigenvalue weighted by molar-refractivity contribution is 7.47. The molecule has 0 aliphatic carbocycles. The van der Waals surface area contributed by atoms with Crippen LogP contribution in [0.1, 0.15) is 363 Å². The van der Waals surface area contributed by atoms with Gasteiger partial charge in [-0.3, -0.25) is 37.3 Å². The van der Waals surface area contributed by atoms with Gasteiger partial charge < -0.3 is 33.8 Å². The first-order chi connectivity index (χ1) is 43.4. The number of unbranched alkanes of at least 4 members (excludes halogenated alkanes) is 40. The number of phosphoric acid groups is 2. The fourth-order valence-electron chi connectivity index (χ4n) is 10.8. The molecule has 19 heteroatoms. The number of carbonyl (C=O) groups excluding carboxylic acids is 4. The van der Waals surface area contributed by atoms with Crippen molar-refractivity contribution in [2.24, 2.45) is 11.8 Å². The Labute approximate surface area is 549 Å². The molecule has 3 N–H and O–H groups in total. The van der Waals surface area contributed by atoms with Crippen LogP contribution in [-0.2, 0) is 65.4 Å². The van der Waals surface area contributed by atoms with Gasteiger partial charge in [0.2, 0.25) is 0 Å². The van der Waals surface area contributed by atoms with Crippen LogP contribution in [0.4, 0.5) is 0 Å². The van der Waals surface area contributed by atoms with Crippen molar-refractivity contribution in [3.63, 3.8) is 0 Å². The van der Waals surface area contributed by atoms with Crippen molar-refractivity contribution in [2.45, 2.75) is 381 Å². The molecule has 0 saturated carbocycles. The Bertz CT molecular complexity index is 1750. The molecule has 0 rings (SSSR count). The predicted octanol–water partition coefficient (Wildman–Crippen LogP) is 20.4. The monoisotopic (exact) mass is 1320 g/mol. The van der Waals surface area contributed by atoms with E-state index in [-0.39, 0.29) is 25.7 Å². The summed E-state index contributed by atoms with van der Waals surface area (Å²) in [6, 6.07) is 0. The van der Waals surface area contributed by atoms with E-state index >= 15 is 0 Å². The quantitative estimate of drug-likeness (QED) is 0.0222. The van der Waals surface area contributed by atoms with E-state index in [1.807, 2.05) is 0 Å². The van der Waals surface area contributed by atoms with E-state index in [0.29, 0.717) is 25.7 Å². The summed E-state index contributed by atoms with van der Waals surface area (Å²) in [5.74, 6) is -0.542. The van der Waals surface area contributed by atoms with E-state index < -0.39 is 97.5 Å². The summed E-state index contributed by atoms with van der Waals surface area (Å²) in [5.41, 5.74) is 0. The van der Waals surface area contributed by atoms with Crippen molar-refractivity contribution in [3.8, 4) is 0 Å². The van der Waals surface area contributed by atoms with Gasteiger partial charge in [0.05, 0.1) is 26.4 Å². The normalized spacial score (nSPS) is 14.1. The molecule has 0 aliphatic heterocycles. The van der Waals surface area contributed by atoms with Crippen LogP contribution in [0.15, 0.2) is 0 Å². The molecule has 0 radical (unpaired) electrons. The lowest BCUT2D eigenvalue weighted by atomic mass is 10.0. The van der Waals surface area contributed by atoms with Gasteiger partial charge in [-0.25, -0.2) is 9.13 Å². The fourth-order valence-corrected chi connectivity index (χ4v) is 12.3. The summed E-state index contributed by atoms with van der Waals surface area (Å²) in [6.45, 7) is 9.51. The highest BCUT2D eigenvalue weighted by Crippen LogP contribution is 2.45. The minimum atomic E-state index is -4.95. The number of aliphatic hydroxyl groups excluding tert-OH is 1. The standard InChI is InChI=1S/C71H138O17P2/c1-7-9-11-13-14-15-24-32-37-43-49-55-70(75)87-66(59-81-68(73)53-47-39-12-10-8-2)61-85-89(77,78)83-57-65(72)58-84-90(79,80)86-62-67(60-82-69(74)54-48-42-36-31-27-23-22-26-30-35-41-46-52-64(5)6)88-71(76)56-50-44-38-33-28-21-19-17-16-18-20-25-29-34-40-45-51-63(3)4/h63-67,72H,7-62H2,1-6H3,(H,77,78)(H,79,80)/t65-,66+,67+/m0/s1. The molecule has 0 aromatic heterocycles. The lowest BCUT2D eigenvalue weighted by Gasteiger charge is -2.21. The second-order valence-corrected chi connectivity index (χ2v) is 29.5. The lowest BCUT2D eigenvalue weighted by molar-refractivity contribution is -0.161. The average Bonchev–Trinajstić information content (AvgIpc) is 3.63. The minimum absolute atomic E-state index is 0.106. The molecule has 5 atom stereocenters. The maximum Gasteiger partial charge on any atom is 0.472 e. The van der Waals surface area contributed by atoms with Crippen molar-refractivity contribution >= 4 is 39.5 Å². The predicted molar refractivity (Wildman–Crippen MR) is 363 cm³/mol. The summed E-state index contributed by atoms with van der Waals surface area (Å²) in [5, 5.41) is 10.6. The minimum Gasteiger partial charge on any atom is -0.462 e. The van der Waals surface area contributed by atoms with E-state index in [9.17, 15) is 43.2 Å². The topological polar surface area (TPSA) is 237 Å². The molecule has 2 unspecified atom stereocenters. The molecule has 0 saturated heterocycles. The third kappa shape index (κ3) is 64.8. The number of esters is 4. The molecule has 0 amide bonds.